The summed E-state index contributed by atoms with van der Waals surface area (Å²) in [6, 6.07) is 4.50. The molecule has 1 aromatic carbocycles. The van der Waals surface area contributed by atoms with Crippen molar-refractivity contribution >= 4 is 24.3 Å². The van der Waals surface area contributed by atoms with Gasteiger partial charge in [-0.05, 0) is 62.3 Å². The van der Waals surface area contributed by atoms with Crippen molar-refractivity contribution in [2.24, 2.45) is 29.4 Å². The number of hydrogen-bond donors (Lipinski definition) is 1. The van der Waals surface area contributed by atoms with E-state index in [1.807, 2.05) is 12.7 Å². The van der Waals surface area contributed by atoms with E-state index in [0.29, 0.717) is 17.0 Å². The maximum Gasteiger partial charge on any atom is 0.277 e. The number of alkyl halides is 2. The molecule has 0 spiro atoms. The van der Waals surface area contributed by atoms with Crippen molar-refractivity contribution in [2.45, 2.75) is 91.3 Å². The third-order valence-electron chi connectivity index (χ3n) is 6.83. The van der Waals surface area contributed by atoms with Crippen LogP contribution in [0.25, 0.3) is 0 Å². The van der Waals surface area contributed by atoms with Gasteiger partial charge in [-0.1, -0.05) is 104 Å². The number of halogens is 2. The van der Waals surface area contributed by atoms with E-state index in [1.54, 1.807) is 5.57 Å². The second kappa shape index (κ2) is 18.3. The lowest BCUT2D eigenvalue weighted by Crippen LogP contribution is -2.26. The van der Waals surface area contributed by atoms with Gasteiger partial charge in [-0.25, -0.2) is 8.78 Å². The smallest absolute Gasteiger partial charge is 0.277 e. The molecule has 0 bridgehead atoms. The maximum absolute atomic E-state index is 12.8. The van der Waals surface area contributed by atoms with Gasteiger partial charge >= 0.3 is 0 Å². The van der Waals surface area contributed by atoms with Crippen LogP contribution in [0.1, 0.15) is 102 Å². The van der Waals surface area contributed by atoms with E-state index >= 15 is 0 Å². The van der Waals surface area contributed by atoms with Crippen molar-refractivity contribution < 1.29 is 13.6 Å². The number of nitrogens with two attached hydrogens (primary N) is 1. The molecule has 0 saturated heterocycles. The maximum atomic E-state index is 12.8. The topological polar surface area (TPSA) is 43.1 Å². The molecule has 3 unspecified atom stereocenters. The number of hydrogen-bond acceptors (Lipinski definition) is 2. The zero-order valence-electron chi connectivity index (χ0n) is 23.4. The lowest BCUT2D eigenvalue weighted by molar-refractivity contribution is 0.0736. The zero-order valence-corrected chi connectivity index (χ0v) is 25.7. The van der Waals surface area contributed by atoms with Gasteiger partial charge in [-0.2, -0.15) is 0 Å². The van der Waals surface area contributed by atoms with Gasteiger partial charge in [0.15, 0.2) is 5.78 Å². The molecule has 6 heteroatoms. The monoisotopic (exact) mass is 541 g/mol. The second-order valence-electron chi connectivity index (χ2n) is 10.4. The summed E-state index contributed by atoms with van der Waals surface area (Å²) in [7, 11) is 3.83. The van der Waals surface area contributed by atoms with E-state index in [9.17, 15) is 13.6 Å². The molecular formula is C30H51F2NOP2. The standard InChI is InChI=1S/C15H26.C10H12F2NOP.C4H8.CH5P/c1-5-12(2)6-9-14(4)15-10-7-13(3)8-11-15;1-6(14)7-2-4-8(5-3-7)9(13)10(11,12)15;1-4-2-3-4;1-2/h5,9,12-13,15H,1,6-8,10-11H2,2-4H3;2-5,9H,13,15H2,1H3;4H,2-3H2,1H3;2H2,1H3/b14-9+;;;/t;9-;;/m.0../s1. The highest BCUT2D eigenvalue weighted by molar-refractivity contribution is 7.18. The van der Waals surface area contributed by atoms with Crippen molar-refractivity contribution in [3.05, 3.63) is 59.7 Å². The van der Waals surface area contributed by atoms with Gasteiger partial charge in [0.05, 0.1) is 6.04 Å². The summed E-state index contributed by atoms with van der Waals surface area (Å²) in [5, 5.41) is 0. The van der Waals surface area contributed by atoms with Crippen molar-refractivity contribution in [2.75, 3.05) is 6.66 Å². The molecule has 4 atom stereocenters. The molecule has 2 aliphatic rings. The predicted octanol–water partition coefficient (Wildman–Crippen LogP) is 9.24. The summed E-state index contributed by atoms with van der Waals surface area (Å²) in [4.78, 5) is 10.9. The Hall–Kier alpha value is -0.950. The van der Waals surface area contributed by atoms with Crippen LogP contribution in [0.2, 0.25) is 0 Å². The van der Waals surface area contributed by atoms with Crippen LogP contribution in [0.5, 0.6) is 0 Å². The molecule has 206 valence electrons. The fourth-order valence-electron chi connectivity index (χ4n) is 3.66. The summed E-state index contributed by atoms with van der Waals surface area (Å²) in [6.45, 7) is 16.4. The normalized spacial score (nSPS) is 21.2. The van der Waals surface area contributed by atoms with Gasteiger partial charge < -0.3 is 5.73 Å². The first-order valence-corrected chi connectivity index (χ1v) is 15.0. The van der Waals surface area contributed by atoms with Gasteiger partial charge in [0.25, 0.3) is 5.66 Å². The Morgan fingerprint density at radius 1 is 1.06 bits per heavy atom. The van der Waals surface area contributed by atoms with E-state index in [0.717, 1.165) is 17.8 Å². The number of carbonyl (C=O) groups excluding carboxylic acids is 1. The number of allylic oxidation sites excluding steroid dienone is 3. The Bertz CT molecular complexity index is 777. The average molecular weight is 542 g/mol. The average Bonchev–Trinajstić information content (AvgIpc) is 3.65. The minimum absolute atomic E-state index is 0.104. The molecule has 2 saturated carbocycles. The second-order valence-corrected chi connectivity index (χ2v) is 11.1. The van der Waals surface area contributed by atoms with Gasteiger partial charge in [0.1, 0.15) is 0 Å². The Labute approximate surface area is 224 Å². The summed E-state index contributed by atoms with van der Waals surface area (Å²) < 4.78 is 25.7. The number of benzene rings is 1. The van der Waals surface area contributed by atoms with Gasteiger partial charge in [0.2, 0.25) is 0 Å². The lowest BCUT2D eigenvalue weighted by Gasteiger charge is -2.27. The molecule has 36 heavy (non-hydrogen) atoms. The molecule has 3 rings (SSSR count). The fraction of sp³-hybridized carbons (Fsp3) is 0.633. The Morgan fingerprint density at radius 3 is 1.86 bits per heavy atom. The molecule has 0 aromatic heterocycles. The Balaban J connectivity index is 0.000000554. The third kappa shape index (κ3) is 15.3. The minimum atomic E-state index is -3.04. The minimum Gasteiger partial charge on any atom is -0.319 e. The zero-order chi connectivity index (χ0) is 27.9. The lowest BCUT2D eigenvalue weighted by atomic mass is 9.79. The first-order valence-electron chi connectivity index (χ1n) is 13.2. The molecular weight excluding hydrogens is 490 g/mol. The number of ketones is 1. The van der Waals surface area contributed by atoms with Gasteiger partial charge in [-0.15, -0.1) is 15.8 Å². The molecule has 0 heterocycles. The van der Waals surface area contributed by atoms with Crippen LogP contribution < -0.4 is 5.73 Å². The first kappa shape index (κ1) is 35.0. The molecule has 0 aliphatic heterocycles. The van der Waals surface area contributed by atoms with E-state index in [4.69, 9.17) is 5.73 Å². The quantitative estimate of drug-likeness (QED) is 0.212. The predicted molar refractivity (Wildman–Crippen MR) is 161 cm³/mol. The van der Waals surface area contributed by atoms with Crippen LogP contribution >= 0.6 is 18.5 Å². The van der Waals surface area contributed by atoms with Crippen LogP contribution in [0.3, 0.4) is 0 Å². The third-order valence-corrected chi connectivity index (χ3v) is 7.19. The highest BCUT2D eigenvalue weighted by atomic mass is 31.0. The first-order chi connectivity index (χ1) is 16.8. The van der Waals surface area contributed by atoms with E-state index in [1.165, 1.54) is 85.4 Å². The largest absolute Gasteiger partial charge is 0.319 e. The van der Waals surface area contributed by atoms with Crippen LogP contribution in [-0.2, 0) is 0 Å². The number of rotatable bonds is 7. The molecule has 2 aliphatic carbocycles. The Kier molecular flexibility index (Phi) is 17.8. The van der Waals surface area contributed by atoms with Crippen LogP contribution in [0, 0.1) is 23.7 Å². The van der Waals surface area contributed by atoms with E-state index < -0.39 is 11.7 Å². The van der Waals surface area contributed by atoms with E-state index in [-0.39, 0.29) is 5.78 Å². The Morgan fingerprint density at radius 2 is 1.50 bits per heavy atom. The van der Waals surface area contributed by atoms with Crippen molar-refractivity contribution in [3.63, 3.8) is 0 Å². The number of carbonyl (C=O) groups is 1. The molecule has 1 aromatic rings. The van der Waals surface area contributed by atoms with Crippen LogP contribution in [-0.4, -0.2) is 18.1 Å². The summed E-state index contributed by atoms with van der Waals surface area (Å²) in [5.41, 5.74) is 4.71. The van der Waals surface area contributed by atoms with Crippen LogP contribution in [0.4, 0.5) is 8.78 Å². The fourth-order valence-corrected chi connectivity index (χ4v) is 3.86. The van der Waals surface area contributed by atoms with Gasteiger partial charge in [-0.3, -0.25) is 4.79 Å². The summed E-state index contributed by atoms with van der Waals surface area (Å²) in [5.74, 6) is 3.44. The van der Waals surface area contributed by atoms with Crippen LogP contribution in [0.15, 0.2) is 48.6 Å². The van der Waals surface area contributed by atoms with Gasteiger partial charge in [0, 0.05) is 5.56 Å². The SMILES string of the molecule is C=CC(C)C/C=C(\C)C1CCC(C)CC1.CC(=O)c1ccc([C@H](N)C(F)(F)P)cc1.CC1CC1.CP. The summed E-state index contributed by atoms with van der Waals surface area (Å²) in [6.07, 6.45) is 14.3. The summed E-state index contributed by atoms with van der Waals surface area (Å²) >= 11 is 0. The van der Waals surface area contributed by atoms with E-state index in [2.05, 4.69) is 49.6 Å². The van der Waals surface area contributed by atoms with Crippen molar-refractivity contribution in [1.82, 2.24) is 0 Å². The molecule has 2 N–H and O–H groups in total. The molecule has 2 fully saturated rings. The highest BCUT2D eigenvalue weighted by Gasteiger charge is 2.32. The molecule has 0 radical (unpaired) electrons. The van der Waals surface area contributed by atoms with Crippen molar-refractivity contribution in [3.8, 4) is 0 Å². The molecule has 0 amide bonds. The van der Waals surface area contributed by atoms with Crippen molar-refractivity contribution in [1.29, 1.82) is 0 Å². The number of Topliss-reactive ketones (excluding diaryl/α,β-unsaturated/α-hetero) is 1. The highest BCUT2D eigenvalue weighted by Crippen LogP contribution is 2.35. The molecule has 2 nitrogen and oxygen atoms in total.